The minimum atomic E-state index is -4.17. The van der Waals surface area contributed by atoms with Crippen molar-refractivity contribution >= 4 is 26.7 Å². The van der Waals surface area contributed by atoms with Crippen molar-refractivity contribution in [2.75, 3.05) is 27.4 Å². The molecular weight excluding hydrogens is 448 g/mol. The second-order valence-electron chi connectivity index (χ2n) is 7.19. The topological polar surface area (TPSA) is 111 Å². The molecule has 9 nitrogen and oxygen atoms in total. The standard InChI is InChI=1S/C23H26N2O7S/c1-5-32-20-12-16(6-11-19(20)31-4)13-24-21(26)14-25-23(27)15(2)22(33(25,28)29)17-7-9-18(30-3)10-8-17/h6-12H,5,13-14H2,1-4H3,(H,24,26). The molecule has 1 aliphatic heterocycles. The molecule has 0 spiro atoms. The van der Waals surface area contributed by atoms with Crippen LogP contribution in [-0.4, -0.2) is 51.9 Å². The van der Waals surface area contributed by atoms with Gasteiger partial charge in [-0.15, -0.1) is 0 Å². The average molecular weight is 475 g/mol. The Labute approximate surface area is 193 Å². The number of nitrogens with one attached hydrogen (secondary N) is 1. The van der Waals surface area contributed by atoms with Gasteiger partial charge >= 0.3 is 0 Å². The molecule has 2 aromatic carbocycles. The zero-order chi connectivity index (χ0) is 24.2. The second kappa shape index (κ2) is 9.95. The van der Waals surface area contributed by atoms with Gasteiger partial charge in [-0.25, -0.2) is 12.7 Å². The largest absolute Gasteiger partial charge is 0.497 e. The van der Waals surface area contributed by atoms with E-state index >= 15 is 0 Å². The molecule has 0 bridgehead atoms. The second-order valence-corrected chi connectivity index (χ2v) is 8.99. The van der Waals surface area contributed by atoms with Gasteiger partial charge < -0.3 is 19.5 Å². The van der Waals surface area contributed by atoms with Crippen molar-refractivity contribution in [3.63, 3.8) is 0 Å². The molecule has 2 aromatic rings. The van der Waals surface area contributed by atoms with Crippen LogP contribution in [0.2, 0.25) is 0 Å². The van der Waals surface area contributed by atoms with Gasteiger partial charge in [0.05, 0.1) is 20.8 Å². The van der Waals surface area contributed by atoms with E-state index < -0.39 is 28.4 Å². The Morgan fingerprint density at radius 3 is 2.33 bits per heavy atom. The third kappa shape index (κ3) is 4.95. The molecule has 0 saturated heterocycles. The smallest absolute Gasteiger partial charge is 0.268 e. The molecule has 0 fully saturated rings. The van der Waals surface area contributed by atoms with Crippen LogP contribution in [0.1, 0.15) is 25.0 Å². The van der Waals surface area contributed by atoms with Crippen LogP contribution in [-0.2, 0) is 26.2 Å². The van der Waals surface area contributed by atoms with Crippen molar-refractivity contribution in [3.8, 4) is 17.2 Å². The van der Waals surface area contributed by atoms with E-state index in [1.807, 2.05) is 6.92 Å². The van der Waals surface area contributed by atoms with Crippen LogP contribution in [0.15, 0.2) is 48.0 Å². The molecule has 0 aliphatic carbocycles. The van der Waals surface area contributed by atoms with E-state index in [-0.39, 0.29) is 17.0 Å². The van der Waals surface area contributed by atoms with E-state index in [9.17, 15) is 18.0 Å². The Hall–Kier alpha value is -3.53. The van der Waals surface area contributed by atoms with E-state index in [1.54, 1.807) is 42.5 Å². The number of carbonyl (C=O) groups excluding carboxylic acids is 2. The van der Waals surface area contributed by atoms with Crippen molar-refractivity contribution < 1.29 is 32.2 Å². The summed E-state index contributed by atoms with van der Waals surface area (Å²) in [4.78, 5) is 25.1. The summed E-state index contributed by atoms with van der Waals surface area (Å²) in [5.41, 5.74) is 1.15. The van der Waals surface area contributed by atoms with Crippen LogP contribution in [0.3, 0.4) is 0 Å². The minimum Gasteiger partial charge on any atom is -0.497 e. The molecule has 0 aromatic heterocycles. The highest BCUT2D eigenvalue weighted by atomic mass is 32.2. The molecule has 176 valence electrons. The van der Waals surface area contributed by atoms with Crippen LogP contribution >= 0.6 is 0 Å². The van der Waals surface area contributed by atoms with Gasteiger partial charge in [-0.1, -0.05) is 6.07 Å². The fourth-order valence-corrected chi connectivity index (χ4v) is 5.22. The molecule has 3 rings (SSSR count). The van der Waals surface area contributed by atoms with Crippen LogP contribution in [0, 0.1) is 0 Å². The first kappa shape index (κ1) is 24.1. The zero-order valence-corrected chi connectivity index (χ0v) is 19.7. The van der Waals surface area contributed by atoms with Crippen LogP contribution < -0.4 is 19.5 Å². The van der Waals surface area contributed by atoms with Crippen molar-refractivity contribution in [3.05, 3.63) is 59.2 Å². The number of hydrogen-bond acceptors (Lipinski definition) is 7. The summed E-state index contributed by atoms with van der Waals surface area (Å²) >= 11 is 0. The summed E-state index contributed by atoms with van der Waals surface area (Å²) in [6, 6.07) is 11.5. The zero-order valence-electron chi connectivity index (χ0n) is 18.9. The Kier molecular flexibility index (Phi) is 7.27. The van der Waals surface area contributed by atoms with Gasteiger partial charge in [-0.3, -0.25) is 9.59 Å². The van der Waals surface area contributed by atoms with Crippen LogP contribution in [0.25, 0.3) is 4.91 Å². The number of ether oxygens (including phenoxy) is 3. The van der Waals surface area contributed by atoms with Crippen molar-refractivity contribution in [2.45, 2.75) is 20.4 Å². The van der Waals surface area contributed by atoms with E-state index in [2.05, 4.69) is 5.32 Å². The lowest BCUT2D eigenvalue weighted by Crippen LogP contribution is -2.40. The number of hydrogen-bond donors (Lipinski definition) is 1. The number of rotatable bonds is 9. The van der Waals surface area contributed by atoms with Gasteiger partial charge in [0.25, 0.3) is 15.9 Å². The molecule has 0 saturated carbocycles. The predicted octanol–water partition coefficient (Wildman–Crippen LogP) is 2.32. The normalized spacial score (nSPS) is 14.9. The first-order chi connectivity index (χ1) is 15.7. The number of amides is 2. The van der Waals surface area contributed by atoms with Gasteiger partial charge in [-0.2, -0.15) is 0 Å². The van der Waals surface area contributed by atoms with E-state index in [1.165, 1.54) is 21.1 Å². The summed E-state index contributed by atoms with van der Waals surface area (Å²) in [7, 11) is -1.14. The van der Waals surface area contributed by atoms with Gasteiger partial charge in [0, 0.05) is 12.1 Å². The lowest BCUT2D eigenvalue weighted by atomic mass is 10.1. The number of benzene rings is 2. The quantitative estimate of drug-likeness (QED) is 0.594. The summed E-state index contributed by atoms with van der Waals surface area (Å²) in [6.45, 7) is 3.24. The van der Waals surface area contributed by atoms with Crippen LogP contribution in [0.5, 0.6) is 17.2 Å². The summed E-state index contributed by atoms with van der Waals surface area (Å²) in [5.74, 6) is 0.325. The van der Waals surface area contributed by atoms with E-state index in [4.69, 9.17) is 14.2 Å². The molecule has 1 aliphatic rings. The molecule has 0 unspecified atom stereocenters. The van der Waals surface area contributed by atoms with Gasteiger partial charge in [0.1, 0.15) is 17.2 Å². The maximum atomic E-state index is 13.1. The fraction of sp³-hybridized carbons (Fsp3) is 0.304. The third-order valence-corrected chi connectivity index (χ3v) is 7.03. The van der Waals surface area contributed by atoms with Gasteiger partial charge in [0.15, 0.2) is 11.5 Å². The molecular formula is C23H26N2O7S. The molecule has 0 atom stereocenters. The highest BCUT2D eigenvalue weighted by molar-refractivity contribution is 7.99. The Morgan fingerprint density at radius 1 is 1.03 bits per heavy atom. The Bertz CT molecular complexity index is 1190. The molecule has 2 amide bonds. The number of carbonyl (C=O) groups is 2. The molecule has 33 heavy (non-hydrogen) atoms. The maximum absolute atomic E-state index is 13.1. The molecule has 1 heterocycles. The minimum absolute atomic E-state index is 0.0597. The predicted molar refractivity (Wildman–Crippen MR) is 122 cm³/mol. The Balaban J connectivity index is 1.71. The molecule has 10 heteroatoms. The van der Waals surface area contributed by atoms with Gasteiger partial charge in [-0.05, 0) is 61.4 Å². The van der Waals surface area contributed by atoms with Crippen molar-refractivity contribution in [2.24, 2.45) is 0 Å². The van der Waals surface area contributed by atoms with Crippen molar-refractivity contribution in [1.82, 2.24) is 9.62 Å². The number of sulfonamides is 1. The maximum Gasteiger partial charge on any atom is 0.268 e. The summed E-state index contributed by atoms with van der Waals surface area (Å²) in [6.07, 6.45) is 0. The number of nitrogens with zero attached hydrogens (tertiary/aromatic N) is 1. The first-order valence-electron chi connectivity index (χ1n) is 10.2. The van der Waals surface area contributed by atoms with Crippen molar-refractivity contribution in [1.29, 1.82) is 0 Å². The SMILES string of the molecule is CCOc1cc(CNC(=O)CN2C(=O)C(C)=C(c3ccc(OC)cc3)S2(=O)=O)ccc1OC. The summed E-state index contributed by atoms with van der Waals surface area (Å²) in [5, 5.41) is 2.65. The molecule has 1 N–H and O–H groups in total. The lowest BCUT2D eigenvalue weighted by molar-refractivity contribution is -0.128. The highest BCUT2D eigenvalue weighted by Crippen LogP contribution is 2.36. The van der Waals surface area contributed by atoms with Gasteiger partial charge in [0.2, 0.25) is 5.91 Å². The monoisotopic (exact) mass is 474 g/mol. The van der Waals surface area contributed by atoms with E-state index in [0.717, 1.165) is 5.56 Å². The van der Waals surface area contributed by atoms with Crippen LogP contribution in [0.4, 0.5) is 0 Å². The average Bonchev–Trinajstić information content (AvgIpc) is 2.97. The Morgan fingerprint density at radius 2 is 1.73 bits per heavy atom. The lowest BCUT2D eigenvalue weighted by Gasteiger charge is -2.17. The number of methoxy groups -OCH3 is 2. The fourth-order valence-electron chi connectivity index (χ4n) is 3.45. The highest BCUT2D eigenvalue weighted by Gasteiger charge is 2.43. The third-order valence-electron chi connectivity index (χ3n) is 5.09. The van der Waals surface area contributed by atoms with E-state index in [0.29, 0.717) is 33.7 Å². The molecule has 0 radical (unpaired) electrons. The first-order valence-corrected chi connectivity index (χ1v) is 11.7. The summed E-state index contributed by atoms with van der Waals surface area (Å²) < 4.78 is 42.6.